The van der Waals surface area contributed by atoms with Crippen molar-refractivity contribution >= 4 is 5.91 Å². The van der Waals surface area contributed by atoms with Crippen molar-refractivity contribution in [2.75, 3.05) is 19.8 Å². The fraction of sp³-hybridized carbons (Fsp3) is 0.787. The minimum Gasteiger partial charge on any atom is -0.394 e. The van der Waals surface area contributed by atoms with Gasteiger partial charge in [0.25, 0.3) is 0 Å². The number of unbranched alkanes of at least 4 members (excludes halogenated alkanes) is 36. The standard InChI is InChI=1S/C80H141NO13/c1-3-5-7-9-11-13-15-17-19-21-23-25-27-29-31-33-34-36-37-39-41-43-45-47-49-51-53-55-57-59-61-63-69(84)68(67-91-79-77(90)75(88)78(71(66-83)93-79)94-80-76(89)74(87)73(86)70(65-82)92-80)81-72(85)64-62-60-58-56-54-52-50-48-46-44-42-40-38-35-32-30-28-26-24-22-20-18-16-14-12-10-8-6-4-2/h6,8,12,14,18,20,24,26,30,32,38,40,44,46,61,63,68-71,73-80,82-84,86-90H,3-5,7,9-11,13,15-17,19,21-23,25,27-29,31,33-37,39,41-43,45,47-60,62,64-67H2,1-2H3,(H,81,85)/b8-6-,14-12-,20-18-,26-24-,32-30-,40-38-,46-44-,63-61+. The molecule has 2 rings (SSSR count). The maximum atomic E-state index is 13.4. The average molecular weight is 1330 g/mol. The Balaban J connectivity index is 1.66. The number of nitrogens with one attached hydrogen (secondary N) is 1. The first-order valence-electron chi connectivity index (χ1n) is 38.5. The van der Waals surface area contributed by atoms with Gasteiger partial charge in [-0.1, -0.05) is 323 Å². The Bertz CT molecular complexity index is 1950. The number of hydrogen-bond donors (Lipinski definition) is 9. The molecule has 94 heavy (non-hydrogen) atoms. The summed E-state index contributed by atoms with van der Waals surface area (Å²) < 4.78 is 22.9. The molecule has 2 aliphatic heterocycles. The van der Waals surface area contributed by atoms with Crippen LogP contribution >= 0.6 is 0 Å². The fourth-order valence-corrected chi connectivity index (χ4v) is 12.2. The Morgan fingerprint density at radius 1 is 0.394 bits per heavy atom. The Hall–Kier alpha value is -3.09. The smallest absolute Gasteiger partial charge is 0.220 e. The Morgan fingerprint density at radius 2 is 0.734 bits per heavy atom. The van der Waals surface area contributed by atoms with Crippen LogP contribution in [0.5, 0.6) is 0 Å². The fourth-order valence-electron chi connectivity index (χ4n) is 12.2. The topological polar surface area (TPSA) is 228 Å². The van der Waals surface area contributed by atoms with Gasteiger partial charge in [-0.2, -0.15) is 0 Å². The first kappa shape index (κ1) is 87.0. The molecule has 9 N–H and O–H groups in total. The summed E-state index contributed by atoms with van der Waals surface area (Å²) in [6.07, 6.45) is 73.3. The maximum Gasteiger partial charge on any atom is 0.220 e. The molecule has 0 radical (unpaired) electrons. The van der Waals surface area contributed by atoms with E-state index in [9.17, 15) is 45.6 Å². The van der Waals surface area contributed by atoms with Crippen molar-refractivity contribution < 1.29 is 64.6 Å². The first-order valence-corrected chi connectivity index (χ1v) is 38.5. The Labute approximate surface area is 573 Å². The van der Waals surface area contributed by atoms with Crippen LogP contribution in [0.25, 0.3) is 0 Å². The van der Waals surface area contributed by atoms with Gasteiger partial charge >= 0.3 is 0 Å². The summed E-state index contributed by atoms with van der Waals surface area (Å²) >= 11 is 0. The second-order valence-corrected chi connectivity index (χ2v) is 26.8. The molecule has 2 heterocycles. The van der Waals surface area contributed by atoms with Crippen molar-refractivity contribution in [1.82, 2.24) is 5.32 Å². The number of amides is 1. The van der Waals surface area contributed by atoms with Crippen molar-refractivity contribution in [3.05, 3.63) is 97.2 Å². The van der Waals surface area contributed by atoms with Crippen LogP contribution in [0.2, 0.25) is 0 Å². The van der Waals surface area contributed by atoms with Gasteiger partial charge in [0, 0.05) is 6.42 Å². The Morgan fingerprint density at radius 3 is 1.13 bits per heavy atom. The van der Waals surface area contributed by atoms with Crippen molar-refractivity contribution in [2.45, 2.75) is 383 Å². The highest BCUT2D eigenvalue weighted by molar-refractivity contribution is 5.76. The lowest BCUT2D eigenvalue weighted by atomic mass is 9.97. The number of ether oxygens (including phenoxy) is 4. The van der Waals surface area contributed by atoms with E-state index in [1.807, 2.05) is 6.08 Å². The average Bonchev–Trinajstić information content (AvgIpc) is 0.794. The summed E-state index contributed by atoms with van der Waals surface area (Å²) in [6.45, 7) is 2.71. The van der Waals surface area contributed by atoms with E-state index in [2.05, 4.69) is 104 Å². The number of aliphatic hydroxyl groups is 8. The summed E-state index contributed by atoms with van der Waals surface area (Å²) in [5.41, 5.74) is 0. The molecule has 12 unspecified atom stereocenters. The SMILES string of the molecule is CC/C=C\C/C=C\C/C=C\C/C=C\C/C=C\C/C=C\C/C=C\CCCCCCCCCC(=O)NC(COC1OC(CO)C(OC2OC(CO)C(O)C(O)C2O)C(O)C1O)C(O)/C=C/CCCCCCCCCCCCCCCCCCCCCCCCCCCCCCC. The van der Waals surface area contributed by atoms with Crippen molar-refractivity contribution in [3.63, 3.8) is 0 Å². The van der Waals surface area contributed by atoms with Gasteiger partial charge in [-0.15, -0.1) is 0 Å². The molecular formula is C80H141NO13. The van der Waals surface area contributed by atoms with Crippen LogP contribution < -0.4 is 5.32 Å². The van der Waals surface area contributed by atoms with Crippen LogP contribution in [0, 0.1) is 0 Å². The third-order valence-electron chi connectivity index (χ3n) is 18.3. The highest BCUT2D eigenvalue weighted by atomic mass is 16.7. The van der Waals surface area contributed by atoms with E-state index in [4.69, 9.17) is 18.9 Å². The molecule has 2 aliphatic rings. The van der Waals surface area contributed by atoms with E-state index in [0.717, 1.165) is 103 Å². The molecule has 0 aromatic heterocycles. The van der Waals surface area contributed by atoms with E-state index in [1.165, 1.54) is 180 Å². The third-order valence-corrected chi connectivity index (χ3v) is 18.3. The van der Waals surface area contributed by atoms with Gasteiger partial charge in [-0.05, 0) is 77.0 Å². The molecule has 14 heteroatoms. The van der Waals surface area contributed by atoms with Gasteiger partial charge in [0.05, 0.1) is 32.0 Å². The largest absolute Gasteiger partial charge is 0.394 e. The van der Waals surface area contributed by atoms with Crippen LogP contribution in [0.1, 0.15) is 309 Å². The summed E-state index contributed by atoms with van der Waals surface area (Å²) in [5, 5.41) is 87.6. The number of carbonyl (C=O) groups excluding carboxylic acids is 1. The lowest BCUT2D eigenvalue weighted by Gasteiger charge is -2.46. The zero-order valence-corrected chi connectivity index (χ0v) is 59.4. The maximum absolute atomic E-state index is 13.4. The van der Waals surface area contributed by atoms with Crippen LogP contribution in [-0.4, -0.2) is 140 Å². The Kier molecular flexibility index (Phi) is 58.6. The second kappa shape index (κ2) is 63.4. The van der Waals surface area contributed by atoms with Gasteiger partial charge < -0.3 is 65.1 Å². The molecule has 0 saturated carbocycles. The molecule has 0 aliphatic carbocycles. The van der Waals surface area contributed by atoms with Crippen molar-refractivity contribution in [1.29, 1.82) is 0 Å². The van der Waals surface area contributed by atoms with Crippen LogP contribution in [0.15, 0.2) is 97.2 Å². The van der Waals surface area contributed by atoms with Gasteiger partial charge in [0.2, 0.25) is 5.91 Å². The van der Waals surface area contributed by atoms with Gasteiger partial charge in [-0.3, -0.25) is 4.79 Å². The van der Waals surface area contributed by atoms with E-state index < -0.39 is 86.8 Å². The van der Waals surface area contributed by atoms with Crippen LogP contribution in [0.3, 0.4) is 0 Å². The molecule has 0 aromatic carbocycles. The quantitative estimate of drug-likeness (QED) is 0.0204. The zero-order valence-electron chi connectivity index (χ0n) is 59.4. The van der Waals surface area contributed by atoms with Gasteiger partial charge in [0.15, 0.2) is 12.6 Å². The molecule has 14 nitrogen and oxygen atoms in total. The monoisotopic (exact) mass is 1320 g/mol. The molecule has 1 amide bonds. The molecule has 2 fully saturated rings. The molecule has 0 aromatic rings. The molecule has 544 valence electrons. The number of hydrogen-bond acceptors (Lipinski definition) is 13. The van der Waals surface area contributed by atoms with Crippen LogP contribution in [-0.2, 0) is 23.7 Å². The lowest BCUT2D eigenvalue weighted by Crippen LogP contribution is -2.65. The zero-order chi connectivity index (χ0) is 68.0. The predicted octanol–water partition coefficient (Wildman–Crippen LogP) is 16.9. The minimum absolute atomic E-state index is 0.251. The number of rotatable bonds is 63. The molecule has 0 spiro atoms. The molecule has 12 atom stereocenters. The third kappa shape index (κ3) is 46.2. The highest BCUT2D eigenvalue weighted by Crippen LogP contribution is 2.30. The van der Waals surface area contributed by atoms with E-state index in [-0.39, 0.29) is 18.9 Å². The van der Waals surface area contributed by atoms with E-state index in [1.54, 1.807) is 6.08 Å². The molecule has 0 bridgehead atoms. The number of allylic oxidation sites excluding steroid dienone is 15. The molecular weight excluding hydrogens is 1180 g/mol. The van der Waals surface area contributed by atoms with Gasteiger partial charge in [0.1, 0.15) is 48.8 Å². The first-order chi connectivity index (χ1) is 46.1. The number of carbonyl (C=O) groups is 1. The summed E-state index contributed by atoms with van der Waals surface area (Å²) in [6, 6.07) is -0.930. The molecule has 2 saturated heterocycles. The predicted molar refractivity (Wildman–Crippen MR) is 387 cm³/mol. The van der Waals surface area contributed by atoms with E-state index >= 15 is 0 Å². The van der Waals surface area contributed by atoms with Crippen molar-refractivity contribution in [2.24, 2.45) is 0 Å². The normalized spacial score (nSPS) is 23.0. The van der Waals surface area contributed by atoms with E-state index in [0.29, 0.717) is 6.42 Å². The van der Waals surface area contributed by atoms with Crippen LogP contribution in [0.4, 0.5) is 0 Å². The lowest BCUT2D eigenvalue weighted by molar-refractivity contribution is -0.359. The van der Waals surface area contributed by atoms with Crippen molar-refractivity contribution in [3.8, 4) is 0 Å². The second-order valence-electron chi connectivity index (χ2n) is 26.8. The summed E-state index contributed by atoms with van der Waals surface area (Å²) in [4.78, 5) is 13.4. The number of aliphatic hydroxyl groups excluding tert-OH is 8. The van der Waals surface area contributed by atoms with Gasteiger partial charge in [-0.25, -0.2) is 0 Å². The summed E-state index contributed by atoms with van der Waals surface area (Å²) in [7, 11) is 0. The minimum atomic E-state index is -1.80. The highest BCUT2D eigenvalue weighted by Gasteiger charge is 2.51. The summed E-state index contributed by atoms with van der Waals surface area (Å²) in [5.74, 6) is -0.251.